The van der Waals surface area contributed by atoms with E-state index in [0.29, 0.717) is 17.4 Å². The van der Waals surface area contributed by atoms with Gasteiger partial charge in [0.25, 0.3) is 5.91 Å². The fourth-order valence-corrected chi connectivity index (χ4v) is 3.21. The molecule has 0 bridgehead atoms. The highest BCUT2D eigenvalue weighted by Gasteiger charge is 2.34. The fraction of sp³-hybridized carbons (Fsp3) is 0.500. The van der Waals surface area contributed by atoms with Gasteiger partial charge in [-0.05, 0) is 49.5 Å². The number of carbonyl (C=O) groups excluding carboxylic acids is 1. The highest BCUT2D eigenvalue weighted by molar-refractivity contribution is 6.31. The minimum Gasteiger partial charge on any atom is -0.338 e. The lowest BCUT2D eigenvalue weighted by atomic mass is 9.88. The smallest absolute Gasteiger partial charge is 0.253 e. The molecule has 2 fully saturated rings. The van der Waals surface area contributed by atoms with Crippen LogP contribution in [0.25, 0.3) is 0 Å². The van der Waals surface area contributed by atoms with Gasteiger partial charge in [0.05, 0.1) is 5.02 Å². The molecule has 20 heavy (non-hydrogen) atoms. The van der Waals surface area contributed by atoms with Gasteiger partial charge in [0.1, 0.15) is 5.82 Å². The van der Waals surface area contributed by atoms with Gasteiger partial charge < -0.3 is 10.2 Å². The molecule has 110 valence electrons. The molecule has 0 saturated carbocycles. The van der Waals surface area contributed by atoms with Crippen LogP contribution in [0.3, 0.4) is 0 Å². The first kappa shape index (κ1) is 15.5. The predicted octanol–water partition coefficient (Wildman–Crippen LogP) is 2.58. The van der Waals surface area contributed by atoms with Gasteiger partial charge in [-0.3, -0.25) is 4.79 Å². The van der Waals surface area contributed by atoms with Crippen molar-refractivity contribution in [1.82, 2.24) is 10.2 Å². The van der Waals surface area contributed by atoms with E-state index in [9.17, 15) is 9.18 Å². The maximum Gasteiger partial charge on any atom is 0.253 e. The number of hydrogen-bond acceptors (Lipinski definition) is 2. The zero-order valence-electron chi connectivity index (χ0n) is 10.9. The number of nitrogens with one attached hydrogen (secondary N) is 1. The summed E-state index contributed by atoms with van der Waals surface area (Å²) in [5.74, 6) is 0.707. The molecule has 1 N–H and O–H groups in total. The Morgan fingerprint density at radius 1 is 1.35 bits per heavy atom. The molecule has 3 nitrogen and oxygen atoms in total. The molecule has 0 spiro atoms. The van der Waals surface area contributed by atoms with E-state index in [-0.39, 0.29) is 23.3 Å². The number of rotatable bonds is 1. The summed E-state index contributed by atoms with van der Waals surface area (Å²) in [5.41, 5.74) is 0.468. The van der Waals surface area contributed by atoms with Gasteiger partial charge in [0, 0.05) is 18.7 Å². The third kappa shape index (κ3) is 2.92. The Morgan fingerprint density at radius 2 is 2.10 bits per heavy atom. The Kier molecular flexibility index (Phi) is 4.89. The quantitative estimate of drug-likeness (QED) is 0.863. The van der Waals surface area contributed by atoms with Gasteiger partial charge in [-0.15, -0.1) is 12.4 Å². The maximum absolute atomic E-state index is 13.1. The van der Waals surface area contributed by atoms with Crippen molar-refractivity contribution in [2.75, 3.05) is 26.2 Å². The molecule has 0 aromatic heterocycles. The predicted molar refractivity (Wildman–Crippen MR) is 79.0 cm³/mol. The molecule has 0 radical (unpaired) electrons. The SMILES string of the molecule is Cl.O=C(c1ccc(F)c(Cl)c1)N1CCC2CNCC2C1. The Labute approximate surface area is 128 Å². The number of piperidine rings is 1. The van der Waals surface area contributed by atoms with Crippen LogP contribution in [0.4, 0.5) is 4.39 Å². The van der Waals surface area contributed by atoms with Crippen molar-refractivity contribution in [2.45, 2.75) is 6.42 Å². The van der Waals surface area contributed by atoms with Crippen LogP contribution in [0.15, 0.2) is 18.2 Å². The zero-order valence-corrected chi connectivity index (χ0v) is 12.5. The molecule has 0 aliphatic carbocycles. The molecule has 2 saturated heterocycles. The average molecular weight is 319 g/mol. The number of halogens is 3. The number of amides is 1. The number of benzene rings is 1. The van der Waals surface area contributed by atoms with Crippen molar-refractivity contribution in [3.63, 3.8) is 0 Å². The molecule has 2 aliphatic rings. The third-order valence-corrected chi connectivity index (χ3v) is 4.45. The van der Waals surface area contributed by atoms with Crippen LogP contribution in [0.2, 0.25) is 5.02 Å². The first-order chi connectivity index (χ1) is 9.15. The van der Waals surface area contributed by atoms with Crippen molar-refractivity contribution >= 4 is 29.9 Å². The standard InChI is InChI=1S/C14H16ClFN2O.ClH/c15-12-5-9(1-2-13(12)16)14(19)18-4-3-10-6-17-7-11(10)8-18;/h1-2,5,10-11,17H,3-4,6-8H2;1H. The first-order valence-electron chi connectivity index (χ1n) is 6.60. The minimum atomic E-state index is -0.489. The molecule has 2 unspecified atom stereocenters. The second-order valence-electron chi connectivity index (χ2n) is 5.35. The van der Waals surface area contributed by atoms with Crippen LogP contribution in [0.5, 0.6) is 0 Å². The maximum atomic E-state index is 13.1. The minimum absolute atomic E-state index is 0. The molecule has 1 amide bonds. The number of likely N-dealkylation sites (tertiary alicyclic amines) is 1. The van der Waals surface area contributed by atoms with E-state index >= 15 is 0 Å². The van der Waals surface area contributed by atoms with Crippen LogP contribution in [-0.2, 0) is 0 Å². The lowest BCUT2D eigenvalue weighted by molar-refractivity contribution is 0.0642. The molecule has 6 heteroatoms. The van der Waals surface area contributed by atoms with Crippen LogP contribution >= 0.6 is 24.0 Å². The highest BCUT2D eigenvalue weighted by atomic mass is 35.5. The van der Waals surface area contributed by atoms with E-state index in [0.717, 1.165) is 32.6 Å². The van der Waals surface area contributed by atoms with Crippen molar-refractivity contribution in [3.8, 4) is 0 Å². The number of carbonyl (C=O) groups is 1. The lowest BCUT2D eigenvalue weighted by Gasteiger charge is -2.34. The zero-order chi connectivity index (χ0) is 13.4. The topological polar surface area (TPSA) is 32.3 Å². The van der Waals surface area contributed by atoms with Crippen LogP contribution in [0, 0.1) is 17.7 Å². The average Bonchev–Trinajstić information content (AvgIpc) is 2.88. The summed E-state index contributed by atoms with van der Waals surface area (Å²) in [6.45, 7) is 3.61. The van der Waals surface area contributed by atoms with Crippen molar-refractivity contribution in [2.24, 2.45) is 11.8 Å². The number of hydrogen-bond donors (Lipinski definition) is 1. The lowest BCUT2D eigenvalue weighted by Crippen LogP contribution is -2.43. The van der Waals surface area contributed by atoms with Crippen LogP contribution in [0.1, 0.15) is 16.8 Å². The molecular formula is C14H17Cl2FN2O. The Bertz CT molecular complexity index is 512. The second kappa shape index (κ2) is 6.29. The summed E-state index contributed by atoms with van der Waals surface area (Å²) >= 11 is 5.73. The molecule has 2 heterocycles. The molecule has 1 aromatic rings. The Balaban J connectivity index is 0.00000147. The van der Waals surface area contributed by atoms with Gasteiger partial charge in [-0.1, -0.05) is 11.6 Å². The third-order valence-electron chi connectivity index (χ3n) is 4.16. The molecular weight excluding hydrogens is 302 g/mol. The van der Waals surface area contributed by atoms with Gasteiger partial charge in [-0.2, -0.15) is 0 Å². The van der Waals surface area contributed by atoms with Crippen LogP contribution < -0.4 is 5.32 Å². The molecule has 1 aromatic carbocycles. The van der Waals surface area contributed by atoms with Crippen molar-refractivity contribution < 1.29 is 9.18 Å². The van der Waals surface area contributed by atoms with Crippen LogP contribution in [-0.4, -0.2) is 37.0 Å². The van der Waals surface area contributed by atoms with E-state index in [1.807, 2.05) is 4.90 Å². The van der Waals surface area contributed by atoms with Crippen molar-refractivity contribution in [3.05, 3.63) is 34.6 Å². The summed E-state index contributed by atoms with van der Waals surface area (Å²) in [6.07, 6.45) is 1.04. The van der Waals surface area contributed by atoms with Gasteiger partial charge in [-0.25, -0.2) is 4.39 Å². The molecule has 3 rings (SSSR count). The van der Waals surface area contributed by atoms with E-state index < -0.39 is 5.82 Å². The van der Waals surface area contributed by atoms with E-state index in [1.54, 1.807) is 0 Å². The monoisotopic (exact) mass is 318 g/mol. The number of nitrogens with zero attached hydrogens (tertiary/aromatic N) is 1. The Morgan fingerprint density at radius 3 is 2.85 bits per heavy atom. The van der Waals surface area contributed by atoms with E-state index in [2.05, 4.69) is 5.32 Å². The summed E-state index contributed by atoms with van der Waals surface area (Å²) in [6, 6.07) is 4.17. The fourth-order valence-electron chi connectivity index (χ4n) is 3.03. The summed E-state index contributed by atoms with van der Waals surface area (Å²) in [7, 11) is 0. The normalized spacial score (nSPS) is 25.0. The summed E-state index contributed by atoms with van der Waals surface area (Å²) < 4.78 is 13.1. The van der Waals surface area contributed by atoms with Crippen molar-refractivity contribution in [1.29, 1.82) is 0 Å². The molecule has 2 aliphatic heterocycles. The van der Waals surface area contributed by atoms with Gasteiger partial charge >= 0.3 is 0 Å². The first-order valence-corrected chi connectivity index (χ1v) is 6.98. The second-order valence-corrected chi connectivity index (χ2v) is 5.75. The van der Waals surface area contributed by atoms with Gasteiger partial charge in [0.2, 0.25) is 0 Å². The molecule has 2 atom stereocenters. The van der Waals surface area contributed by atoms with Gasteiger partial charge in [0.15, 0.2) is 0 Å². The van der Waals surface area contributed by atoms with E-state index in [1.165, 1.54) is 18.2 Å². The highest BCUT2D eigenvalue weighted by Crippen LogP contribution is 2.27. The number of fused-ring (bicyclic) bond motifs is 1. The van der Waals surface area contributed by atoms with E-state index in [4.69, 9.17) is 11.6 Å². The summed E-state index contributed by atoms with van der Waals surface area (Å²) in [5, 5.41) is 3.37. The largest absolute Gasteiger partial charge is 0.338 e. The Hall–Kier alpha value is -0.840. The summed E-state index contributed by atoms with van der Waals surface area (Å²) in [4.78, 5) is 14.2.